The molecule has 0 aromatic carbocycles. The van der Waals surface area contributed by atoms with Gasteiger partial charge in [0, 0.05) is 55.9 Å². The van der Waals surface area contributed by atoms with E-state index in [0.717, 1.165) is 62.9 Å². The van der Waals surface area contributed by atoms with Crippen molar-refractivity contribution < 1.29 is 23.8 Å². The fraction of sp³-hybridized carbons (Fsp3) is 0.767. The highest BCUT2D eigenvalue weighted by Gasteiger charge is 2.45. The normalized spacial score (nSPS) is 26.3. The van der Waals surface area contributed by atoms with Crippen molar-refractivity contribution >= 4 is 29.7 Å². The van der Waals surface area contributed by atoms with Crippen LogP contribution in [0.2, 0.25) is 0 Å². The summed E-state index contributed by atoms with van der Waals surface area (Å²) in [5.41, 5.74) is 1.33. The number of aromatic nitrogens is 4. The third-order valence-corrected chi connectivity index (χ3v) is 8.91. The van der Waals surface area contributed by atoms with Crippen LogP contribution in [-0.2, 0) is 14.2 Å². The first-order chi connectivity index (χ1) is 20.5. The van der Waals surface area contributed by atoms with Crippen molar-refractivity contribution in [1.29, 1.82) is 0 Å². The number of likely N-dealkylation sites (tertiary alicyclic amines) is 1. The number of fused-ring (bicyclic) bond motifs is 3. The average molecular weight is 599 g/mol. The van der Waals surface area contributed by atoms with E-state index in [4.69, 9.17) is 24.2 Å². The van der Waals surface area contributed by atoms with Gasteiger partial charge in [0.05, 0.1) is 12.7 Å². The molecule has 4 aliphatic rings. The van der Waals surface area contributed by atoms with E-state index in [1.165, 1.54) is 0 Å². The van der Waals surface area contributed by atoms with Crippen LogP contribution in [0.25, 0.3) is 5.65 Å². The Morgan fingerprint density at radius 2 is 1.70 bits per heavy atom. The summed E-state index contributed by atoms with van der Waals surface area (Å²) in [6, 6.07) is 0.591. The molecule has 0 saturated carbocycles. The number of anilines is 2. The number of piperidine rings is 1. The highest BCUT2D eigenvalue weighted by Crippen LogP contribution is 2.38. The van der Waals surface area contributed by atoms with Gasteiger partial charge in [0.15, 0.2) is 5.65 Å². The van der Waals surface area contributed by atoms with Crippen molar-refractivity contribution in [2.24, 2.45) is 0 Å². The fourth-order valence-electron chi connectivity index (χ4n) is 6.78. The molecule has 13 heteroatoms. The van der Waals surface area contributed by atoms with Crippen molar-refractivity contribution in [2.45, 2.75) is 121 Å². The lowest BCUT2D eigenvalue weighted by Crippen LogP contribution is -2.50. The molecular weight excluding hydrogens is 552 g/mol. The molecule has 2 aromatic heterocycles. The molecule has 2 N–H and O–H groups in total. The number of hydrogen-bond acceptors (Lipinski definition) is 10. The van der Waals surface area contributed by atoms with Crippen LogP contribution < -0.4 is 10.6 Å². The van der Waals surface area contributed by atoms with E-state index in [9.17, 15) is 9.59 Å². The Bertz CT molecular complexity index is 1310. The number of nitrogens with one attached hydrogen (secondary N) is 2. The van der Waals surface area contributed by atoms with Gasteiger partial charge in [0.25, 0.3) is 0 Å². The first-order valence-corrected chi connectivity index (χ1v) is 15.9. The molecule has 2 aromatic rings. The van der Waals surface area contributed by atoms with Crippen LogP contribution in [0.15, 0.2) is 6.20 Å². The van der Waals surface area contributed by atoms with Gasteiger partial charge < -0.3 is 34.6 Å². The topological polar surface area (TPSA) is 135 Å². The lowest BCUT2D eigenvalue weighted by atomic mass is 9.98. The number of hydrogen-bond donors (Lipinski definition) is 2. The molecule has 3 atom stereocenters. The van der Waals surface area contributed by atoms with E-state index in [-0.39, 0.29) is 48.4 Å². The molecule has 2 bridgehead atoms. The molecule has 6 rings (SSSR count). The Labute approximate surface area is 253 Å². The smallest absolute Gasteiger partial charge is 0.410 e. The molecule has 0 aliphatic carbocycles. The molecule has 0 spiro atoms. The summed E-state index contributed by atoms with van der Waals surface area (Å²) in [6.07, 6.45) is 6.88. The molecule has 0 radical (unpaired) electrons. The fourth-order valence-corrected chi connectivity index (χ4v) is 6.78. The van der Waals surface area contributed by atoms with Crippen LogP contribution in [0.4, 0.5) is 21.5 Å². The standard InChI is InChI=1S/C30H46N8O5/c1-18(2)24-16-31-38-25(24)34-26(32-19-9-12-41-13-10-19)35-27(38)33-20-14-21-6-7-22(15-20)37(21)29(40)42-23-8-11-36(17-23)28(39)43-30(3,4)5/h16,18-23H,6-15,17H2,1-5H3,(H2,32,33,34,35). The maximum absolute atomic E-state index is 13.4. The van der Waals surface area contributed by atoms with Crippen LogP contribution in [0.1, 0.15) is 91.0 Å². The zero-order valence-electron chi connectivity index (χ0n) is 26.0. The summed E-state index contributed by atoms with van der Waals surface area (Å²) < 4.78 is 18.8. The largest absolute Gasteiger partial charge is 0.444 e. The molecule has 236 valence electrons. The number of rotatable bonds is 6. The molecular formula is C30H46N8O5. The van der Waals surface area contributed by atoms with E-state index in [1.807, 2.05) is 36.4 Å². The van der Waals surface area contributed by atoms with E-state index >= 15 is 0 Å². The van der Waals surface area contributed by atoms with Gasteiger partial charge in [-0.3, -0.25) is 0 Å². The third kappa shape index (κ3) is 6.61. The second-order valence-corrected chi connectivity index (χ2v) is 13.7. The van der Waals surface area contributed by atoms with Gasteiger partial charge in [-0.2, -0.15) is 19.6 Å². The first-order valence-electron chi connectivity index (χ1n) is 15.9. The molecule has 43 heavy (non-hydrogen) atoms. The lowest BCUT2D eigenvalue weighted by Gasteiger charge is -2.39. The van der Waals surface area contributed by atoms with Crippen molar-refractivity contribution in [3.8, 4) is 0 Å². The van der Waals surface area contributed by atoms with Gasteiger partial charge in [0.2, 0.25) is 11.9 Å². The van der Waals surface area contributed by atoms with Crippen LogP contribution in [-0.4, -0.2) is 104 Å². The Balaban J connectivity index is 1.11. The summed E-state index contributed by atoms with van der Waals surface area (Å²) in [5.74, 6) is 1.54. The van der Waals surface area contributed by atoms with E-state index in [2.05, 4.69) is 29.6 Å². The molecule has 3 unspecified atom stereocenters. The maximum Gasteiger partial charge on any atom is 0.410 e. The molecule has 13 nitrogen and oxygen atoms in total. The number of nitrogens with zero attached hydrogens (tertiary/aromatic N) is 6. The van der Waals surface area contributed by atoms with Crippen LogP contribution in [0, 0.1) is 0 Å². The average Bonchev–Trinajstić information content (AvgIpc) is 3.65. The zero-order chi connectivity index (χ0) is 30.3. The molecule has 4 aliphatic heterocycles. The molecule has 2 amide bonds. The SMILES string of the molecule is CC(C)c1cnn2c(NC3CC4CCC(C3)N4C(=O)OC3CCN(C(=O)OC(C)(C)C)C3)nc(NC3CCOCC3)nc12. The Hall–Kier alpha value is -3.35. The summed E-state index contributed by atoms with van der Waals surface area (Å²) in [6.45, 7) is 12.2. The minimum absolute atomic E-state index is 0.0909. The zero-order valence-corrected chi connectivity index (χ0v) is 26.0. The summed E-state index contributed by atoms with van der Waals surface area (Å²) in [4.78, 5) is 39.1. The predicted octanol–water partition coefficient (Wildman–Crippen LogP) is 4.39. The Kier molecular flexibility index (Phi) is 8.27. The van der Waals surface area contributed by atoms with Gasteiger partial charge in [-0.15, -0.1) is 0 Å². The van der Waals surface area contributed by atoms with Gasteiger partial charge in [-0.1, -0.05) is 13.8 Å². The highest BCUT2D eigenvalue weighted by molar-refractivity contribution is 5.71. The Morgan fingerprint density at radius 1 is 0.977 bits per heavy atom. The van der Waals surface area contributed by atoms with E-state index < -0.39 is 5.60 Å². The quantitative estimate of drug-likeness (QED) is 0.493. The first kappa shape index (κ1) is 29.7. The number of carbonyl (C=O) groups is 2. The van der Waals surface area contributed by atoms with Gasteiger partial charge in [-0.05, 0) is 65.2 Å². The van der Waals surface area contributed by atoms with Crippen molar-refractivity contribution in [2.75, 3.05) is 36.9 Å². The molecule has 6 heterocycles. The third-order valence-electron chi connectivity index (χ3n) is 8.91. The van der Waals surface area contributed by atoms with Gasteiger partial charge in [-0.25, -0.2) is 9.59 Å². The van der Waals surface area contributed by atoms with Gasteiger partial charge >= 0.3 is 12.2 Å². The maximum atomic E-state index is 13.4. The van der Waals surface area contributed by atoms with Crippen LogP contribution in [0.3, 0.4) is 0 Å². The lowest BCUT2D eigenvalue weighted by molar-refractivity contribution is 0.0203. The van der Waals surface area contributed by atoms with Crippen molar-refractivity contribution in [3.05, 3.63) is 11.8 Å². The Morgan fingerprint density at radius 3 is 2.37 bits per heavy atom. The monoisotopic (exact) mass is 598 g/mol. The van der Waals surface area contributed by atoms with E-state index in [0.29, 0.717) is 31.4 Å². The number of carbonyl (C=O) groups excluding carboxylic acids is 2. The number of amides is 2. The minimum Gasteiger partial charge on any atom is -0.444 e. The van der Waals surface area contributed by atoms with Crippen LogP contribution in [0.5, 0.6) is 0 Å². The summed E-state index contributed by atoms with van der Waals surface area (Å²) in [5, 5.41) is 11.8. The van der Waals surface area contributed by atoms with Gasteiger partial charge in [0.1, 0.15) is 11.7 Å². The number of ether oxygens (including phenoxy) is 3. The minimum atomic E-state index is -0.558. The summed E-state index contributed by atoms with van der Waals surface area (Å²) in [7, 11) is 0. The van der Waals surface area contributed by atoms with Crippen LogP contribution >= 0.6 is 0 Å². The predicted molar refractivity (Wildman–Crippen MR) is 160 cm³/mol. The highest BCUT2D eigenvalue weighted by atomic mass is 16.6. The second-order valence-electron chi connectivity index (χ2n) is 13.7. The van der Waals surface area contributed by atoms with Crippen molar-refractivity contribution in [3.63, 3.8) is 0 Å². The van der Waals surface area contributed by atoms with E-state index in [1.54, 1.807) is 4.90 Å². The second kappa shape index (κ2) is 12.0. The molecule has 4 saturated heterocycles. The summed E-state index contributed by atoms with van der Waals surface area (Å²) >= 11 is 0. The molecule has 4 fully saturated rings. The van der Waals surface area contributed by atoms with Crippen molar-refractivity contribution in [1.82, 2.24) is 29.4 Å².